The number of carbonyl (C=O) groups excluding carboxylic acids is 1. The van der Waals surface area contributed by atoms with Crippen LogP contribution in [0.1, 0.15) is 62.0 Å². The lowest BCUT2D eigenvalue weighted by Crippen LogP contribution is -2.42. The number of nitrogens with one attached hydrogen (secondary N) is 2. The van der Waals surface area contributed by atoms with Gasteiger partial charge in [-0.15, -0.1) is 0 Å². The number of aliphatic carboxylic acids is 1. The summed E-state index contributed by atoms with van der Waals surface area (Å²) in [5.41, 5.74) is 3.29. The number of benzene rings is 1. The van der Waals surface area contributed by atoms with Crippen molar-refractivity contribution in [2.45, 2.75) is 70.1 Å². The van der Waals surface area contributed by atoms with Gasteiger partial charge < -0.3 is 25.2 Å². The normalized spacial score (nSPS) is 20.5. The van der Waals surface area contributed by atoms with Gasteiger partial charge in [0, 0.05) is 25.3 Å². The van der Waals surface area contributed by atoms with Crippen molar-refractivity contribution in [3.8, 4) is 0 Å². The number of amides is 1. The molecule has 1 aliphatic carbocycles. The van der Waals surface area contributed by atoms with Gasteiger partial charge in [0.2, 0.25) is 0 Å². The van der Waals surface area contributed by atoms with E-state index in [1.165, 1.54) is 5.56 Å². The van der Waals surface area contributed by atoms with Crippen LogP contribution in [0, 0.1) is 5.92 Å². The minimum atomic E-state index is -1.10. The van der Waals surface area contributed by atoms with E-state index in [1.54, 1.807) is 6.92 Å². The van der Waals surface area contributed by atoms with E-state index in [0.29, 0.717) is 5.92 Å². The Kier molecular flexibility index (Phi) is 8.58. The molecule has 1 aromatic carbocycles. The standard InChI is InChI=1S/C27H35N3O5/c1-18(20-6-3-2-4-7-20)35-27(33)30-24(26(31)32)13-15-34-23-16-19(17-23)9-11-22-12-10-21-8-5-14-28-25(21)29-22/h2-4,6-7,10,12,18-19,23-24H,5,8-9,11,13-17H2,1H3,(H,28,29)(H,30,33)(H,31,32)/t18-,19-,23-,24?/m1/s1. The van der Waals surface area contributed by atoms with Crippen LogP contribution in [0.4, 0.5) is 10.6 Å². The zero-order chi connectivity index (χ0) is 24.6. The van der Waals surface area contributed by atoms with Crippen molar-refractivity contribution < 1.29 is 24.2 Å². The smallest absolute Gasteiger partial charge is 0.408 e. The molecule has 1 unspecified atom stereocenters. The number of nitrogens with zero attached hydrogens (tertiary/aromatic N) is 1. The number of aryl methyl sites for hydroxylation is 2. The number of carboxylic acid groups (broad SMARTS) is 1. The SMILES string of the molecule is C[C@@H](OC(=O)NC(CCO[C@H]1C[C@H](CCc2ccc3c(n2)NCCC3)C1)C(=O)O)c1ccccc1. The van der Waals surface area contributed by atoms with Gasteiger partial charge in [-0.05, 0) is 68.6 Å². The van der Waals surface area contributed by atoms with Crippen LogP contribution < -0.4 is 10.6 Å². The van der Waals surface area contributed by atoms with E-state index in [-0.39, 0.29) is 19.1 Å². The summed E-state index contributed by atoms with van der Waals surface area (Å²) in [4.78, 5) is 28.5. The van der Waals surface area contributed by atoms with Gasteiger partial charge in [-0.3, -0.25) is 0 Å². The van der Waals surface area contributed by atoms with E-state index >= 15 is 0 Å². The summed E-state index contributed by atoms with van der Waals surface area (Å²) in [6, 6.07) is 12.6. The van der Waals surface area contributed by atoms with Gasteiger partial charge in [0.15, 0.2) is 0 Å². The summed E-state index contributed by atoms with van der Waals surface area (Å²) in [7, 11) is 0. The number of alkyl carbamates (subject to hydrolysis) is 1. The van der Waals surface area contributed by atoms with Crippen LogP contribution in [0.2, 0.25) is 0 Å². The van der Waals surface area contributed by atoms with E-state index < -0.39 is 24.2 Å². The number of pyridine rings is 1. The van der Waals surface area contributed by atoms with Gasteiger partial charge >= 0.3 is 12.1 Å². The molecule has 1 amide bonds. The highest BCUT2D eigenvalue weighted by Crippen LogP contribution is 2.34. The molecule has 0 radical (unpaired) electrons. The maximum absolute atomic E-state index is 12.2. The van der Waals surface area contributed by atoms with Crippen LogP contribution in [0.5, 0.6) is 0 Å². The van der Waals surface area contributed by atoms with Gasteiger partial charge in [0.25, 0.3) is 0 Å². The second-order valence-electron chi connectivity index (χ2n) is 9.49. The van der Waals surface area contributed by atoms with Crippen LogP contribution in [0.15, 0.2) is 42.5 Å². The van der Waals surface area contributed by atoms with Gasteiger partial charge in [0.1, 0.15) is 18.0 Å². The molecule has 2 heterocycles. The highest BCUT2D eigenvalue weighted by molar-refractivity contribution is 5.79. The van der Waals surface area contributed by atoms with Gasteiger partial charge in [-0.25, -0.2) is 14.6 Å². The first-order chi connectivity index (χ1) is 17.0. The number of hydrogen-bond acceptors (Lipinski definition) is 6. The molecule has 1 aromatic heterocycles. The molecule has 35 heavy (non-hydrogen) atoms. The number of ether oxygens (including phenoxy) is 2. The molecule has 188 valence electrons. The number of carbonyl (C=O) groups is 2. The van der Waals surface area contributed by atoms with Crippen molar-refractivity contribution in [1.29, 1.82) is 0 Å². The van der Waals surface area contributed by atoms with Gasteiger partial charge in [-0.1, -0.05) is 36.4 Å². The predicted octanol–water partition coefficient (Wildman–Crippen LogP) is 4.50. The Morgan fingerprint density at radius 1 is 1.20 bits per heavy atom. The molecule has 1 fully saturated rings. The van der Waals surface area contributed by atoms with Gasteiger partial charge in [-0.2, -0.15) is 0 Å². The third-order valence-electron chi connectivity index (χ3n) is 6.86. The average Bonchev–Trinajstić information content (AvgIpc) is 2.84. The van der Waals surface area contributed by atoms with Crippen molar-refractivity contribution in [3.63, 3.8) is 0 Å². The van der Waals surface area contributed by atoms with E-state index in [4.69, 9.17) is 14.5 Å². The second kappa shape index (κ2) is 12.0. The summed E-state index contributed by atoms with van der Waals surface area (Å²) >= 11 is 0. The molecule has 0 spiro atoms. The van der Waals surface area contributed by atoms with Crippen LogP contribution in [0.25, 0.3) is 0 Å². The minimum Gasteiger partial charge on any atom is -0.480 e. The maximum Gasteiger partial charge on any atom is 0.408 e. The first kappa shape index (κ1) is 25.0. The second-order valence-corrected chi connectivity index (χ2v) is 9.49. The number of carboxylic acids is 1. The highest BCUT2D eigenvalue weighted by Gasteiger charge is 2.30. The number of rotatable bonds is 11. The number of fused-ring (bicyclic) bond motifs is 1. The van der Waals surface area contributed by atoms with E-state index in [1.807, 2.05) is 30.3 Å². The van der Waals surface area contributed by atoms with E-state index in [9.17, 15) is 14.7 Å². The predicted molar refractivity (Wildman–Crippen MR) is 132 cm³/mol. The monoisotopic (exact) mass is 481 g/mol. The molecular weight excluding hydrogens is 446 g/mol. The highest BCUT2D eigenvalue weighted by atomic mass is 16.6. The van der Waals surface area contributed by atoms with Crippen molar-refractivity contribution >= 4 is 17.9 Å². The Balaban J connectivity index is 1.12. The number of hydrogen-bond donors (Lipinski definition) is 3. The molecule has 4 rings (SSSR count). The van der Waals surface area contributed by atoms with E-state index in [0.717, 1.165) is 62.1 Å². The topological polar surface area (TPSA) is 110 Å². The van der Waals surface area contributed by atoms with Gasteiger partial charge in [0.05, 0.1) is 6.10 Å². The van der Waals surface area contributed by atoms with E-state index in [2.05, 4.69) is 22.8 Å². The van der Waals surface area contributed by atoms with Crippen molar-refractivity contribution in [2.24, 2.45) is 5.92 Å². The van der Waals surface area contributed by atoms with Crippen molar-refractivity contribution in [2.75, 3.05) is 18.5 Å². The molecule has 3 N–H and O–H groups in total. The molecule has 2 aliphatic rings. The Morgan fingerprint density at radius 3 is 2.77 bits per heavy atom. The molecule has 1 saturated carbocycles. The number of aromatic nitrogens is 1. The fourth-order valence-electron chi connectivity index (χ4n) is 4.65. The molecule has 1 aliphatic heterocycles. The molecule has 0 bridgehead atoms. The Labute approximate surface area is 206 Å². The van der Waals surface area contributed by atoms with Crippen LogP contribution in [-0.4, -0.2) is 47.5 Å². The number of anilines is 1. The summed E-state index contributed by atoms with van der Waals surface area (Å²) in [6.07, 6.45) is 5.38. The average molecular weight is 482 g/mol. The lowest BCUT2D eigenvalue weighted by atomic mass is 9.79. The lowest BCUT2D eigenvalue weighted by Gasteiger charge is -2.35. The quantitative estimate of drug-likeness (QED) is 0.433. The molecule has 2 atom stereocenters. The molecule has 2 aromatic rings. The van der Waals surface area contributed by atoms with Crippen LogP contribution in [-0.2, 0) is 27.1 Å². The molecule has 8 heteroatoms. The third kappa shape index (κ3) is 7.18. The minimum absolute atomic E-state index is 0.151. The van der Waals surface area contributed by atoms with Crippen molar-refractivity contribution in [1.82, 2.24) is 10.3 Å². The summed E-state index contributed by atoms with van der Waals surface area (Å²) < 4.78 is 11.2. The van der Waals surface area contributed by atoms with Crippen LogP contribution in [0.3, 0.4) is 0 Å². The lowest BCUT2D eigenvalue weighted by molar-refractivity contribution is -0.140. The Hall–Kier alpha value is -3.13. The molecule has 0 saturated heterocycles. The maximum atomic E-state index is 12.2. The summed E-state index contributed by atoms with van der Waals surface area (Å²) in [5, 5.41) is 15.3. The molecule has 8 nitrogen and oxygen atoms in total. The molecular formula is C27H35N3O5. The zero-order valence-corrected chi connectivity index (χ0v) is 20.2. The largest absolute Gasteiger partial charge is 0.480 e. The summed E-state index contributed by atoms with van der Waals surface area (Å²) in [5.74, 6) is 0.550. The first-order valence-electron chi connectivity index (χ1n) is 12.6. The third-order valence-corrected chi connectivity index (χ3v) is 6.86. The Morgan fingerprint density at radius 2 is 2.00 bits per heavy atom. The fourth-order valence-corrected chi connectivity index (χ4v) is 4.65. The van der Waals surface area contributed by atoms with Crippen LogP contribution >= 0.6 is 0 Å². The Bertz CT molecular complexity index is 994. The fraction of sp³-hybridized carbons (Fsp3) is 0.519. The van der Waals surface area contributed by atoms with Crippen molar-refractivity contribution in [3.05, 3.63) is 59.3 Å². The first-order valence-corrected chi connectivity index (χ1v) is 12.6. The zero-order valence-electron chi connectivity index (χ0n) is 20.2. The summed E-state index contributed by atoms with van der Waals surface area (Å²) in [6.45, 7) is 3.03.